The molecule has 0 radical (unpaired) electrons. The molecule has 1 N–H and O–H groups in total. The van der Waals surface area contributed by atoms with Gasteiger partial charge in [0.2, 0.25) is 0 Å². The molecule has 0 saturated carbocycles. The van der Waals surface area contributed by atoms with E-state index in [0.717, 1.165) is 18.1 Å². The Morgan fingerprint density at radius 2 is 1.93 bits per heavy atom. The molecular formula is C12H17ClN2. The predicted octanol–water partition coefficient (Wildman–Crippen LogP) is 2.53. The predicted molar refractivity (Wildman–Crippen MR) is 65.7 cm³/mol. The van der Waals surface area contributed by atoms with E-state index in [4.69, 9.17) is 11.6 Å². The molecule has 1 aliphatic heterocycles. The second kappa shape index (κ2) is 4.42. The first-order valence-corrected chi connectivity index (χ1v) is 5.80. The normalized spacial score (nSPS) is 26.7. The van der Waals surface area contributed by atoms with Crippen molar-refractivity contribution in [3.63, 3.8) is 0 Å². The monoisotopic (exact) mass is 224 g/mol. The van der Waals surface area contributed by atoms with Crippen LogP contribution in [-0.4, -0.2) is 25.2 Å². The Labute approximate surface area is 96.2 Å². The lowest BCUT2D eigenvalue weighted by Gasteiger charge is -2.39. The number of piperazine rings is 1. The van der Waals surface area contributed by atoms with E-state index >= 15 is 0 Å². The maximum Gasteiger partial charge on any atom is 0.0407 e. The Balaban J connectivity index is 2.17. The summed E-state index contributed by atoms with van der Waals surface area (Å²) in [6, 6.07) is 9.19. The van der Waals surface area contributed by atoms with Crippen molar-refractivity contribution in [2.75, 3.05) is 18.0 Å². The van der Waals surface area contributed by atoms with Gasteiger partial charge in [-0.05, 0) is 38.1 Å². The van der Waals surface area contributed by atoms with Gasteiger partial charge in [0.05, 0.1) is 0 Å². The minimum atomic E-state index is 0.544. The Bertz CT molecular complexity index is 323. The van der Waals surface area contributed by atoms with Crippen LogP contribution in [0.25, 0.3) is 0 Å². The summed E-state index contributed by atoms with van der Waals surface area (Å²) >= 11 is 5.88. The van der Waals surface area contributed by atoms with E-state index in [9.17, 15) is 0 Å². The third kappa shape index (κ3) is 2.44. The van der Waals surface area contributed by atoms with E-state index in [1.54, 1.807) is 0 Å². The Kier molecular flexibility index (Phi) is 3.17. The van der Waals surface area contributed by atoms with E-state index in [1.165, 1.54) is 5.69 Å². The highest BCUT2D eigenvalue weighted by atomic mass is 35.5. The molecule has 2 atom stereocenters. The minimum Gasteiger partial charge on any atom is -0.366 e. The number of rotatable bonds is 1. The molecule has 3 heteroatoms. The van der Waals surface area contributed by atoms with Crippen LogP contribution >= 0.6 is 11.6 Å². The summed E-state index contributed by atoms with van der Waals surface area (Å²) in [4.78, 5) is 2.43. The zero-order chi connectivity index (χ0) is 10.8. The smallest absolute Gasteiger partial charge is 0.0407 e. The van der Waals surface area contributed by atoms with E-state index in [1.807, 2.05) is 12.1 Å². The summed E-state index contributed by atoms with van der Waals surface area (Å²) in [5, 5.41) is 4.28. The molecule has 0 aromatic heterocycles. The summed E-state index contributed by atoms with van der Waals surface area (Å²) in [6.45, 7) is 6.56. The highest BCUT2D eigenvalue weighted by Crippen LogP contribution is 2.21. The van der Waals surface area contributed by atoms with E-state index in [-0.39, 0.29) is 0 Å². The van der Waals surface area contributed by atoms with Crippen molar-refractivity contribution < 1.29 is 0 Å². The van der Waals surface area contributed by atoms with Crippen molar-refractivity contribution in [3.8, 4) is 0 Å². The number of halogens is 1. The van der Waals surface area contributed by atoms with Crippen molar-refractivity contribution in [1.82, 2.24) is 5.32 Å². The summed E-state index contributed by atoms with van der Waals surface area (Å²) in [5.41, 5.74) is 1.26. The van der Waals surface area contributed by atoms with Crippen molar-refractivity contribution >= 4 is 17.3 Å². The van der Waals surface area contributed by atoms with Crippen LogP contribution in [-0.2, 0) is 0 Å². The molecule has 1 aromatic carbocycles. The molecule has 0 spiro atoms. The van der Waals surface area contributed by atoms with Gasteiger partial charge in [-0.1, -0.05) is 11.6 Å². The van der Waals surface area contributed by atoms with Gasteiger partial charge >= 0.3 is 0 Å². The number of nitrogens with one attached hydrogen (secondary N) is 1. The van der Waals surface area contributed by atoms with Crippen LogP contribution in [0.4, 0.5) is 5.69 Å². The molecule has 0 unspecified atom stereocenters. The average molecular weight is 225 g/mol. The largest absolute Gasteiger partial charge is 0.366 e. The van der Waals surface area contributed by atoms with Crippen LogP contribution < -0.4 is 10.2 Å². The van der Waals surface area contributed by atoms with Crippen molar-refractivity contribution in [2.45, 2.75) is 25.9 Å². The zero-order valence-corrected chi connectivity index (χ0v) is 9.96. The molecule has 2 rings (SSSR count). The topological polar surface area (TPSA) is 15.3 Å². The third-order valence-corrected chi connectivity index (χ3v) is 3.17. The molecule has 1 fully saturated rings. The lowest BCUT2D eigenvalue weighted by Crippen LogP contribution is -2.54. The van der Waals surface area contributed by atoms with Crippen molar-refractivity contribution in [3.05, 3.63) is 29.3 Å². The minimum absolute atomic E-state index is 0.544. The summed E-state index contributed by atoms with van der Waals surface area (Å²) < 4.78 is 0. The third-order valence-electron chi connectivity index (χ3n) is 2.92. The molecule has 0 amide bonds. The van der Waals surface area contributed by atoms with Gasteiger partial charge in [-0.2, -0.15) is 0 Å². The Hall–Kier alpha value is -0.730. The second-order valence-corrected chi connectivity index (χ2v) is 4.72. The fourth-order valence-electron chi connectivity index (χ4n) is 2.01. The first-order valence-electron chi connectivity index (χ1n) is 5.42. The molecule has 0 aliphatic carbocycles. The molecule has 0 bridgehead atoms. The van der Waals surface area contributed by atoms with E-state index < -0.39 is 0 Å². The van der Waals surface area contributed by atoms with Crippen LogP contribution in [0.1, 0.15) is 13.8 Å². The summed E-state index contributed by atoms with van der Waals surface area (Å²) in [7, 11) is 0. The van der Waals surface area contributed by atoms with Crippen LogP contribution in [0.15, 0.2) is 24.3 Å². The van der Waals surface area contributed by atoms with Crippen LogP contribution in [0.3, 0.4) is 0 Å². The molecule has 82 valence electrons. The maximum absolute atomic E-state index is 5.88. The quantitative estimate of drug-likeness (QED) is 0.789. The molecule has 1 heterocycles. The van der Waals surface area contributed by atoms with Crippen LogP contribution in [0, 0.1) is 0 Å². The number of anilines is 1. The van der Waals surface area contributed by atoms with Gasteiger partial charge in [0.15, 0.2) is 0 Å². The Morgan fingerprint density at radius 3 is 2.60 bits per heavy atom. The van der Waals surface area contributed by atoms with Gasteiger partial charge in [-0.25, -0.2) is 0 Å². The summed E-state index contributed by atoms with van der Waals surface area (Å²) in [5.74, 6) is 0. The highest BCUT2D eigenvalue weighted by Gasteiger charge is 2.22. The molecule has 1 aromatic rings. The fraction of sp³-hybridized carbons (Fsp3) is 0.500. The van der Waals surface area contributed by atoms with Crippen molar-refractivity contribution in [1.29, 1.82) is 0 Å². The lowest BCUT2D eigenvalue weighted by atomic mass is 10.1. The van der Waals surface area contributed by atoms with Gasteiger partial charge in [0, 0.05) is 35.9 Å². The van der Waals surface area contributed by atoms with Gasteiger partial charge in [-0.3, -0.25) is 0 Å². The first-order chi connectivity index (χ1) is 7.16. The Morgan fingerprint density at radius 1 is 1.27 bits per heavy atom. The standard InChI is InChI=1S/C12H17ClN2/c1-9-8-15(10(2)7-14-9)12-5-3-11(13)4-6-12/h3-6,9-10,14H,7-8H2,1-2H3/t9-,10+/m1/s1. The molecule has 1 aliphatic rings. The van der Waals surface area contributed by atoms with Gasteiger partial charge < -0.3 is 10.2 Å². The molecule has 2 nitrogen and oxygen atoms in total. The number of benzene rings is 1. The second-order valence-electron chi connectivity index (χ2n) is 4.29. The molecular weight excluding hydrogens is 208 g/mol. The first kappa shape index (κ1) is 10.8. The molecule has 1 saturated heterocycles. The SMILES string of the molecule is C[C@@H]1CN(c2ccc(Cl)cc2)[C@@H](C)CN1. The van der Waals surface area contributed by atoms with Crippen molar-refractivity contribution in [2.24, 2.45) is 0 Å². The highest BCUT2D eigenvalue weighted by molar-refractivity contribution is 6.30. The zero-order valence-electron chi connectivity index (χ0n) is 9.20. The summed E-state index contributed by atoms with van der Waals surface area (Å²) in [6.07, 6.45) is 0. The van der Waals surface area contributed by atoms with Gasteiger partial charge in [0.25, 0.3) is 0 Å². The van der Waals surface area contributed by atoms with Crippen LogP contribution in [0.2, 0.25) is 5.02 Å². The fourth-order valence-corrected chi connectivity index (χ4v) is 2.14. The lowest BCUT2D eigenvalue weighted by molar-refractivity contribution is 0.425. The number of hydrogen-bond acceptors (Lipinski definition) is 2. The van der Waals surface area contributed by atoms with Gasteiger partial charge in [0.1, 0.15) is 0 Å². The van der Waals surface area contributed by atoms with Crippen LogP contribution in [0.5, 0.6) is 0 Å². The maximum atomic E-state index is 5.88. The number of nitrogens with zero attached hydrogens (tertiary/aromatic N) is 1. The number of hydrogen-bond donors (Lipinski definition) is 1. The average Bonchev–Trinajstić information content (AvgIpc) is 2.23. The van der Waals surface area contributed by atoms with E-state index in [2.05, 4.69) is 36.2 Å². The molecule has 15 heavy (non-hydrogen) atoms. The van der Waals surface area contributed by atoms with E-state index in [0.29, 0.717) is 12.1 Å². The van der Waals surface area contributed by atoms with Gasteiger partial charge in [-0.15, -0.1) is 0 Å².